The van der Waals surface area contributed by atoms with Crippen LogP contribution in [-0.4, -0.2) is 52.2 Å². The Bertz CT molecular complexity index is 1450. The second-order valence-corrected chi connectivity index (χ2v) is 9.28. The van der Waals surface area contributed by atoms with Crippen LogP contribution in [0.3, 0.4) is 0 Å². The summed E-state index contributed by atoms with van der Waals surface area (Å²) in [5.74, 6) is -0.967. The summed E-state index contributed by atoms with van der Waals surface area (Å²) in [5, 5.41) is 13.2. The largest absolute Gasteiger partial charge is 0.416 e. The van der Waals surface area contributed by atoms with Crippen LogP contribution in [-0.2, 0) is 23.9 Å². The van der Waals surface area contributed by atoms with Gasteiger partial charge in [0.2, 0.25) is 5.91 Å². The van der Waals surface area contributed by atoms with Crippen LogP contribution in [0.2, 0.25) is 0 Å². The molecule has 0 atom stereocenters. The fourth-order valence-electron chi connectivity index (χ4n) is 4.56. The molecule has 0 radical (unpaired) electrons. The number of hydrogen-bond donors (Lipinski definition) is 3. The number of carbonyl (C=O) groups excluding carboxylic acids is 1. The summed E-state index contributed by atoms with van der Waals surface area (Å²) >= 11 is 0. The minimum atomic E-state index is -4.55. The highest BCUT2D eigenvalue weighted by Gasteiger charge is 2.34. The Balaban J connectivity index is 1.22. The highest BCUT2D eigenvalue weighted by molar-refractivity contribution is 5.91. The number of H-pyrrole nitrogens is 1. The predicted molar refractivity (Wildman–Crippen MR) is 136 cm³/mol. The van der Waals surface area contributed by atoms with Crippen molar-refractivity contribution in [3.05, 3.63) is 77.4 Å². The van der Waals surface area contributed by atoms with Crippen molar-refractivity contribution in [1.29, 1.82) is 0 Å². The summed E-state index contributed by atoms with van der Waals surface area (Å²) in [5.41, 5.74) is 1.79. The molecular weight excluding hydrogens is 500 g/mol. The number of alkyl halides is 3. The minimum Gasteiger partial charge on any atom is -0.326 e. The molecule has 0 bridgehead atoms. The Labute approximate surface area is 216 Å². The van der Waals surface area contributed by atoms with E-state index < -0.39 is 23.5 Å². The number of rotatable bonds is 7. The number of halogens is 4. The number of nitrogens with one attached hydrogen (secondary N) is 3. The summed E-state index contributed by atoms with van der Waals surface area (Å²) in [6.07, 6.45) is -1.28. The van der Waals surface area contributed by atoms with Crippen molar-refractivity contribution in [2.24, 2.45) is 0 Å². The predicted octanol–water partition coefficient (Wildman–Crippen LogP) is 4.76. The van der Waals surface area contributed by atoms with Crippen molar-refractivity contribution < 1.29 is 22.4 Å². The number of aromatic nitrogens is 3. The van der Waals surface area contributed by atoms with E-state index >= 15 is 0 Å². The SMILES string of the molecule is O=C(CCc1ccc(-c2cnc3[nH]ncc3c2)cc1F)Nc1ccc(CN2CCNCC2)c(C(F)(F)F)c1. The lowest BCUT2D eigenvalue weighted by molar-refractivity contribution is -0.138. The Morgan fingerprint density at radius 1 is 1.00 bits per heavy atom. The normalized spacial score (nSPS) is 14.6. The maximum atomic E-state index is 14.8. The van der Waals surface area contributed by atoms with Crippen LogP contribution in [0, 0.1) is 5.82 Å². The Morgan fingerprint density at radius 3 is 2.55 bits per heavy atom. The molecule has 3 heterocycles. The van der Waals surface area contributed by atoms with Crippen LogP contribution < -0.4 is 10.6 Å². The van der Waals surface area contributed by atoms with E-state index in [0.717, 1.165) is 30.1 Å². The van der Waals surface area contributed by atoms with Gasteiger partial charge in [-0.25, -0.2) is 9.37 Å². The standard InChI is InChI=1S/C27H26F4N6O/c28-24-12-18(20-11-21-15-34-36-26(21)33-14-20)2-1-17(24)4-6-25(38)35-22-5-3-19(23(13-22)27(29,30)31)16-37-9-7-32-8-10-37/h1-3,5,11-15,32H,4,6-10,16H2,(H,35,38)(H,33,34,36). The number of piperazine rings is 1. The first-order valence-electron chi connectivity index (χ1n) is 12.3. The molecule has 0 saturated carbocycles. The maximum Gasteiger partial charge on any atom is 0.416 e. The molecule has 0 aliphatic carbocycles. The zero-order valence-corrected chi connectivity index (χ0v) is 20.4. The fraction of sp³-hybridized carbons (Fsp3) is 0.296. The number of pyridine rings is 1. The van der Waals surface area contributed by atoms with Gasteiger partial charge in [0.05, 0.1) is 11.8 Å². The molecule has 2 aromatic carbocycles. The van der Waals surface area contributed by atoms with Crippen molar-refractivity contribution >= 4 is 22.6 Å². The van der Waals surface area contributed by atoms with E-state index in [-0.39, 0.29) is 30.6 Å². The van der Waals surface area contributed by atoms with Crippen molar-refractivity contribution in [2.45, 2.75) is 25.6 Å². The van der Waals surface area contributed by atoms with E-state index in [1.807, 2.05) is 11.0 Å². The van der Waals surface area contributed by atoms with Crippen LogP contribution in [0.25, 0.3) is 22.2 Å². The number of fused-ring (bicyclic) bond motifs is 1. The first-order chi connectivity index (χ1) is 18.3. The Kier molecular flexibility index (Phi) is 7.39. The van der Waals surface area contributed by atoms with Gasteiger partial charge in [-0.1, -0.05) is 18.2 Å². The van der Waals surface area contributed by atoms with Gasteiger partial charge in [0, 0.05) is 62.0 Å². The van der Waals surface area contributed by atoms with Gasteiger partial charge in [-0.2, -0.15) is 18.3 Å². The van der Waals surface area contributed by atoms with Crippen molar-refractivity contribution in [3.63, 3.8) is 0 Å². The van der Waals surface area contributed by atoms with E-state index in [9.17, 15) is 22.4 Å². The summed E-state index contributed by atoms with van der Waals surface area (Å²) in [4.78, 5) is 18.7. The topological polar surface area (TPSA) is 85.9 Å². The van der Waals surface area contributed by atoms with Crippen molar-refractivity contribution in [2.75, 3.05) is 31.5 Å². The number of hydrogen-bond acceptors (Lipinski definition) is 5. The number of aromatic amines is 1. The van der Waals surface area contributed by atoms with Gasteiger partial charge in [-0.15, -0.1) is 0 Å². The molecule has 1 aliphatic heterocycles. The lowest BCUT2D eigenvalue weighted by atomic mass is 10.0. The highest BCUT2D eigenvalue weighted by Crippen LogP contribution is 2.34. The third kappa shape index (κ3) is 6.00. The molecule has 11 heteroatoms. The number of anilines is 1. The zero-order valence-electron chi connectivity index (χ0n) is 20.4. The number of benzene rings is 2. The highest BCUT2D eigenvalue weighted by atomic mass is 19.4. The average molecular weight is 527 g/mol. The van der Waals surface area contributed by atoms with E-state index in [0.29, 0.717) is 29.9 Å². The van der Waals surface area contributed by atoms with Gasteiger partial charge >= 0.3 is 6.18 Å². The molecule has 7 nitrogen and oxygen atoms in total. The van der Waals surface area contributed by atoms with E-state index in [1.54, 1.807) is 24.5 Å². The smallest absolute Gasteiger partial charge is 0.326 e. The lowest BCUT2D eigenvalue weighted by Gasteiger charge is -2.28. The van der Waals surface area contributed by atoms with Gasteiger partial charge in [0.1, 0.15) is 5.82 Å². The van der Waals surface area contributed by atoms with E-state index in [1.165, 1.54) is 18.2 Å². The molecule has 0 unspecified atom stereocenters. The fourth-order valence-corrected chi connectivity index (χ4v) is 4.56. The molecular formula is C27H26F4N6O. The number of nitrogens with zero attached hydrogens (tertiary/aromatic N) is 3. The minimum absolute atomic E-state index is 0.0596. The molecule has 1 fully saturated rings. The molecule has 2 aromatic heterocycles. The number of aryl methyl sites for hydroxylation is 1. The molecule has 1 aliphatic rings. The lowest BCUT2D eigenvalue weighted by Crippen LogP contribution is -2.43. The molecule has 4 aromatic rings. The maximum absolute atomic E-state index is 14.8. The van der Waals surface area contributed by atoms with Crippen LogP contribution in [0.5, 0.6) is 0 Å². The van der Waals surface area contributed by atoms with Gasteiger partial charge in [-0.3, -0.25) is 14.8 Å². The molecule has 1 amide bonds. The Hall–Kier alpha value is -3.83. The van der Waals surface area contributed by atoms with Gasteiger partial charge < -0.3 is 10.6 Å². The van der Waals surface area contributed by atoms with Crippen molar-refractivity contribution in [1.82, 2.24) is 25.4 Å². The molecule has 1 saturated heterocycles. The van der Waals surface area contributed by atoms with Crippen LogP contribution in [0.4, 0.5) is 23.2 Å². The third-order valence-corrected chi connectivity index (χ3v) is 6.60. The van der Waals surface area contributed by atoms with E-state index in [2.05, 4.69) is 25.8 Å². The monoisotopic (exact) mass is 526 g/mol. The van der Waals surface area contributed by atoms with Gasteiger partial charge in [0.15, 0.2) is 5.65 Å². The second kappa shape index (κ2) is 10.9. The van der Waals surface area contributed by atoms with Crippen LogP contribution in [0.15, 0.2) is 54.9 Å². The third-order valence-electron chi connectivity index (χ3n) is 6.60. The summed E-state index contributed by atoms with van der Waals surface area (Å²) in [6.45, 7) is 2.99. The molecule has 38 heavy (non-hydrogen) atoms. The quantitative estimate of drug-likeness (QED) is 0.303. The van der Waals surface area contributed by atoms with Gasteiger partial charge in [-0.05, 0) is 47.4 Å². The summed E-state index contributed by atoms with van der Waals surface area (Å²) < 4.78 is 56.1. The zero-order chi connectivity index (χ0) is 26.7. The number of carbonyl (C=O) groups is 1. The first kappa shape index (κ1) is 25.8. The van der Waals surface area contributed by atoms with Gasteiger partial charge in [0.25, 0.3) is 0 Å². The summed E-state index contributed by atoms with van der Waals surface area (Å²) in [7, 11) is 0. The number of amides is 1. The van der Waals surface area contributed by atoms with Crippen molar-refractivity contribution in [3.8, 4) is 11.1 Å². The summed E-state index contributed by atoms with van der Waals surface area (Å²) in [6, 6.07) is 10.4. The second-order valence-electron chi connectivity index (χ2n) is 9.28. The Morgan fingerprint density at radius 2 is 1.79 bits per heavy atom. The average Bonchev–Trinajstić information content (AvgIpc) is 3.37. The first-order valence-corrected chi connectivity index (χ1v) is 12.3. The van der Waals surface area contributed by atoms with Crippen LogP contribution in [0.1, 0.15) is 23.1 Å². The molecule has 198 valence electrons. The molecule has 3 N–H and O–H groups in total. The molecule has 5 rings (SSSR count). The van der Waals surface area contributed by atoms with Crippen LogP contribution >= 0.6 is 0 Å². The van der Waals surface area contributed by atoms with E-state index in [4.69, 9.17) is 0 Å². The molecule has 0 spiro atoms.